The Morgan fingerprint density at radius 2 is 1.62 bits per heavy atom. The van der Waals surface area contributed by atoms with Crippen molar-refractivity contribution in [2.45, 2.75) is 70.9 Å². The van der Waals surface area contributed by atoms with Gasteiger partial charge in [-0.25, -0.2) is 9.59 Å². The van der Waals surface area contributed by atoms with Crippen LogP contribution in [0.25, 0.3) is 0 Å². The molecule has 0 spiro atoms. The Hall–Kier alpha value is -3.15. The molecule has 0 bridgehead atoms. The average molecular weight is 466 g/mol. The van der Waals surface area contributed by atoms with Gasteiger partial charge in [0.05, 0.1) is 0 Å². The second-order valence-corrected chi connectivity index (χ2v) is 9.06. The average Bonchev–Trinajstić information content (AvgIpc) is 2.89. The van der Waals surface area contributed by atoms with Gasteiger partial charge >= 0.3 is 12.1 Å². The Balaban J connectivity index is 1.51. The lowest BCUT2D eigenvalue weighted by atomic mass is 9.84. The fourth-order valence-electron chi connectivity index (χ4n) is 4.25. The van der Waals surface area contributed by atoms with Crippen LogP contribution in [-0.2, 0) is 20.9 Å². The summed E-state index contributed by atoms with van der Waals surface area (Å²) in [5.74, 6) is -0.516. The number of esters is 1. The van der Waals surface area contributed by atoms with E-state index in [9.17, 15) is 14.4 Å². The summed E-state index contributed by atoms with van der Waals surface area (Å²) < 4.78 is 10.5. The number of ketones is 1. The Kier molecular flexibility index (Phi) is 9.68. The third kappa shape index (κ3) is 7.44. The van der Waals surface area contributed by atoms with E-state index < -0.39 is 18.1 Å². The molecule has 1 saturated carbocycles. The van der Waals surface area contributed by atoms with Gasteiger partial charge in [-0.3, -0.25) is 4.79 Å². The van der Waals surface area contributed by atoms with Gasteiger partial charge in [-0.2, -0.15) is 0 Å². The van der Waals surface area contributed by atoms with Crippen LogP contribution >= 0.6 is 0 Å². The SMILES string of the molecule is CC[C@@H](C)[C@H](NC(=O)OCc1ccccc1)C(=O)OCC(=O)c1ccc(C2CCCCC2)cc1. The fraction of sp³-hybridized carbons (Fsp3) is 0.464. The molecule has 0 heterocycles. The summed E-state index contributed by atoms with van der Waals surface area (Å²) in [6, 6.07) is 16.0. The number of Topliss-reactive ketones (excluding diaryl/α,β-unsaturated/α-hetero) is 1. The maximum atomic E-state index is 12.7. The highest BCUT2D eigenvalue weighted by Gasteiger charge is 2.28. The van der Waals surface area contributed by atoms with Gasteiger partial charge in [0.2, 0.25) is 0 Å². The number of amides is 1. The van der Waals surface area contributed by atoms with Crippen LogP contribution < -0.4 is 5.32 Å². The lowest BCUT2D eigenvalue weighted by Crippen LogP contribution is -2.46. The number of hydrogen-bond donors (Lipinski definition) is 1. The first kappa shape index (κ1) is 25.5. The predicted octanol–water partition coefficient (Wildman–Crippen LogP) is 5.80. The number of ether oxygens (including phenoxy) is 2. The third-order valence-corrected chi connectivity index (χ3v) is 6.61. The first-order valence-electron chi connectivity index (χ1n) is 12.2. The number of hydrogen-bond acceptors (Lipinski definition) is 5. The van der Waals surface area contributed by atoms with Crippen LogP contribution in [0.15, 0.2) is 54.6 Å². The minimum absolute atomic E-state index is 0.101. The topological polar surface area (TPSA) is 81.7 Å². The van der Waals surface area contributed by atoms with E-state index in [-0.39, 0.29) is 24.9 Å². The lowest BCUT2D eigenvalue weighted by Gasteiger charge is -2.22. The Bertz CT molecular complexity index is 935. The molecule has 1 aliphatic carbocycles. The molecule has 182 valence electrons. The highest BCUT2D eigenvalue weighted by Crippen LogP contribution is 2.32. The van der Waals surface area contributed by atoms with Crippen LogP contribution in [0.3, 0.4) is 0 Å². The summed E-state index contributed by atoms with van der Waals surface area (Å²) in [5.41, 5.74) is 2.63. The second kappa shape index (κ2) is 12.9. The number of alkyl carbamates (subject to hydrolysis) is 1. The number of benzene rings is 2. The van der Waals surface area contributed by atoms with E-state index >= 15 is 0 Å². The van der Waals surface area contributed by atoms with Crippen molar-refractivity contribution < 1.29 is 23.9 Å². The molecule has 0 unspecified atom stereocenters. The number of carbonyl (C=O) groups excluding carboxylic acids is 3. The van der Waals surface area contributed by atoms with Crippen molar-refractivity contribution >= 4 is 17.8 Å². The standard InChI is InChI=1S/C28H35NO5/c1-3-20(2)26(29-28(32)34-18-21-10-6-4-7-11-21)27(31)33-19-25(30)24-16-14-23(15-17-24)22-12-8-5-9-13-22/h4,6-7,10-11,14-17,20,22,26H,3,5,8-9,12-13,18-19H2,1-2H3,(H,29,32)/t20-,26+/m1/s1. The van der Waals surface area contributed by atoms with E-state index in [2.05, 4.69) is 5.32 Å². The molecule has 6 heteroatoms. The fourth-order valence-corrected chi connectivity index (χ4v) is 4.25. The van der Waals surface area contributed by atoms with Crippen molar-refractivity contribution in [3.05, 3.63) is 71.3 Å². The van der Waals surface area contributed by atoms with Crippen LogP contribution in [0, 0.1) is 5.92 Å². The maximum absolute atomic E-state index is 12.7. The molecule has 0 saturated heterocycles. The smallest absolute Gasteiger partial charge is 0.408 e. The minimum Gasteiger partial charge on any atom is -0.456 e. The molecule has 0 radical (unpaired) electrons. The van der Waals surface area contributed by atoms with E-state index in [1.54, 1.807) is 0 Å². The molecule has 1 N–H and O–H groups in total. The van der Waals surface area contributed by atoms with Crippen LogP contribution in [0.5, 0.6) is 0 Å². The van der Waals surface area contributed by atoms with E-state index in [0.29, 0.717) is 17.9 Å². The van der Waals surface area contributed by atoms with Gasteiger partial charge in [-0.1, -0.05) is 94.1 Å². The summed E-state index contributed by atoms with van der Waals surface area (Å²) in [4.78, 5) is 37.6. The van der Waals surface area contributed by atoms with Gasteiger partial charge in [0.25, 0.3) is 0 Å². The monoisotopic (exact) mass is 465 g/mol. The first-order valence-corrected chi connectivity index (χ1v) is 12.2. The zero-order chi connectivity index (χ0) is 24.3. The predicted molar refractivity (Wildman–Crippen MR) is 131 cm³/mol. The summed E-state index contributed by atoms with van der Waals surface area (Å²) >= 11 is 0. The zero-order valence-corrected chi connectivity index (χ0v) is 20.1. The first-order chi connectivity index (χ1) is 16.5. The van der Waals surface area contributed by atoms with Gasteiger partial charge in [0.15, 0.2) is 12.4 Å². The molecule has 3 rings (SSSR count). The molecule has 2 atom stereocenters. The quantitative estimate of drug-likeness (QED) is 0.354. The highest BCUT2D eigenvalue weighted by molar-refractivity contribution is 5.98. The highest BCUT2D eigenvalue weighted by atomic mass is 16.6. The zero-order valence-electron chi connectivity index (χ0n) is 20.1. The maximum Gasteiger partial charge on any atom is 0.408 e. The summed E-state index contributed by atoms with van der Waals surface area (Å²) in [6.07, 6.45) is 6.16. The van der Waals surface area contributed by atoms with Crippen LogP contribution in [0.2, 0.25) is 0 Å². The Morgan fingerprint density at radius 1 is 0.941 bits per heavy atom. The normalized spacial score (nSPS) is 15.7. The Labute approximate surface area is 202 Å². The van der Waals surface area contributed by atoms with E-state index in [1.807, 2.05) is 68.4 Å². The van der Waals surface area contributed by atoms with Crippen molar-refractivity contribution in [3.8, 4) is 0 Å². The summed E-state index contributed by atoms with van der Waals surface area (Å²) in [7, 11) is 0. The van der Waals surface area contributed by atoms with E-state index in [1.165, 1.54) is 37.7 Å². The van der Waals surface area contributed by atoms with Crippen LogP contribution in [-0.4, -0.2) is 30.5 Å². The Morgan fingerprint density at radius 3 is 2.26 bits per heavy atom. The number of carbonyl (C=O) groups is 3. The minimum atomic E-state index is -0.894. The molecule has 1 amide bonds. The largest absolute Gasteiger partial charge is 0.456 e. The number of nitrogens with one attached hydrogen (secondary N) is 1. The third-order valence-electron chi connectivity index (χ3n) is 6.61. The van der Waals surface area contributed by atoms with Gasteiger partial charge < -0.3 is 14.8 Å². The van der Waals surface area contributed by atoms with E-state index in [0.717, 1.165) is 5.56 Å². The molecule has 34 heavy (non-hydrogen) atoms. The molecule has 6 nitrogen and oxygen atoms in total. The van der Waals surface area contributed by atoms with Crippen LogP contribution in [0.4, 0.5) is 4.79 Å². The molecule has 2 aromatic rings. The lowest BCUT2D eigenvalue weighted by molar-refractivity contribution is -0.146. The van der Waals surface area contributed by atoms with E-state index in [4.69, 9.17) is 9.47 Å². The van der Waals surface area contributed by atoms with Gasteiger partial charge in [0.1, 0.15) is 12.6 Å². The van der Waals surface area contributed by atoms with Crippen molar-refractivity contribution in [3.63, 3.8) is 0 Å². The molecule has 0 aromatic heterocycles. The second-order valence-electron chi connectivity index (χ2n) is 9.06. The molecule has 1 fully saturated rings. The van der Waals surface area contributed by atoms with Crippen molar-refractivity contribution in [2.24, 2.45) is 5.92 Å². The molecular formula is C28H35NO5. The molecule has 0 aliphatic heterocycles. The van der Waals surface area contributed by atoms with Crippen molar-refractivity contribution in [1.82, 2.24) is 5.32 Å². The number of rotatable bonds is 10. The van der Waals surface area contributed by atoms with Crippen LogP contribution in [0.1, 0.15) is 79.8 Å². The summed E-state index contributed by atoms with van der Waals surface area (Å²) in [5, 5.41) is 2.60. The molecular weight excluding hydrogens is 430 g/mol. The van der Waals surface area contributed by atoms with Gasteiger partial charge in [0, 0.05) is 5.56 Å². The van der Waals surface area contributed by atoms with Crippen molar-refractivity contribution in [2.75, 3.05) is 6.61 Å². The summed E-state index contributed by atoms with van der Waals surface area (Å²) in [6.45, 7) is 3.50. The molecule has 1 aliphatic rings. The van der Waals surface area contributed by atoms with Crippen molar-refractivity contribution in [1.29, 1.82) is 0 Å². The van der Waals surface area contributed by atoms with Gasteiger partial charge in [-0.05, 0) is 35.8 Å². The molecule has 2 aromatic carbocycles. The van der Waals surface area contributed by atoms with Gasteiger partial charge in [-0.15, -0.1) is 0 Å².